The van der Waals surface area contributed by atoms with Crippen LogP contribution in [0.2, 0.25) is 0 Å². The van der Waals surface area contributed by atoms with E-state index in [0.717, 1.165) is 0 Å². The lowest BCUT2D eigenvalue weighted by atomic mass is 10.2. The highest BCUT2D eigenvalue weighted by Crippen LogP contribution is 2.19. The summed E-state index contributed by atoms with van der Waals surface area (Å²) in [6.07, 6.45) is 0.399. The molecule has 0 saturated carbocycles. The minimum atomic E-state index is -0.533. The molecule has 4 heteroatoms. The fraction of sp³-hybridized carbons (Fsp3) is 0.167. The van der Waals surface area contributed by atoms with Crippen molar-refractivity contribution in [2.75, 3.05) is 0 Å². The molecule has 1 aromatic heterocycles. The second kappa shape index (κ2) is 4.18. The summed E-state index contributed by atoms with van der Waals surface area (Å²) in [6, 6.07) is 8.98. The van der Waals surface area contributed by atoms with E-state index in [2.05, 4.69) is 4.98 Å². The molecule has 0 bridgehead atoms. The van der Waals surface area contributed by atoms with Gasteiger partial charge >= 0.3 is 5.63 Å². The third-order valence-corrected chi connectivity index (χ3v) is 2.29. The zero-order valence-electron chi connectivity index (χ0n) is 8.80. The third kappa shape index (κ3) is 1.82. The Labute approximate surface area is 92.2 Å². The molecule has 1 N–H and O–H groups in total. The molecule has 0 aliphatic heterocycles. The number of hydrogen-bond donors (Lipinski definition) is 1. The van der Waals surface area contributed by atoms with Gasteiger partial charge in [-0.05, 0) is 18.6 Å². The van der Waals surface area contributed by atoms with Crippen LogP contribution in [0.4, 0.5) is 0 Å². The van der Waals surface area contributed by atoms with E-state index in [1.807, 2.05) is 18.2 Å². The van der Waals surface area contributed by atoms with Crippen molar-refractivity contribution in [1.29, 1.82) is 0 Å². The Morgan fingerprint density at radius 1 is 1.31 bits per heavy atom. The van der Waals surface area contributed by atoms with Gasteiger partial charge in [-0.1, -0.05) is 25.1 Å². The molecular weight excluding hydrogens is 206 g/mol. The summed E-state index contributed by atoms with van der Waals surface area (Å²) in [5.41, 5.74) is 0.339. The number of benzene rings is 1. The van der Waals surface area contributed by atoms with Gasteiger partial charge in [0.05, 0.1) is 5.56 Å². The maximum atomic E-state index is 11.5. The molecule has 0 radical (unpaired) electrons. The van der Waals surface area contributed by atoms with E-state index in [9.17, 15) is 9.90 Å². The lowest BCUT2D eigenvalue weighted by Gasteiger charge is -2.02. The van der Waals surface area contributed by atoms with E-state index in [-0.39, 0.29) is 17.3 Å². The molecule has 1 aromatic carbocycles. The second-order valence-electron chi connectivity index (χ2n) is 3.33. The molecule has 0 aliphatic rings. The first-order chi connectivity index (χ1) is 7.72. The Morgan fingerprint density at radius 3 is 2.56 bits per heavy atom. The Hall–Kier alpha value is -2.10. The highest BCUT2D eigenvalue weighted by atomic mass is 16.4. The SMILES string of the molecule is CCc1c(O)nc(-c2ccccc2)oc1=O. The molecule has 2 aromatic rings. The topological polar surface area (TPSA) is 63.3 Å². The van der Waals surface area contributed by atoms with Crippen LogP contribution in [0.15, 0.2) is 39.5 Å². The summed E-state index contributed by atoms with van der Waals surface area (Å²) in [4.78, 5) is 15.4. The predicted molar refractivity (Wildman–Crippen MR) is 59.3 cm³/mol. The van der Waals surface area contributed by atoms with Gasteiger partial charge in [-0.3, -0.25) is 0 Å². The molecule has 0 fully saturated rings. The maximum Gasteiger partial charge on any atom is 0.346 e. The predicted octanol–water partition coefficient (Wildman–Crippen LogP) is 1.97. The Morgan fingerprint density at radius 2 is 2.00 bits per heavy atom. The van der Waals surface area contributed by atoms with E-state index in [1.54, 1.807) is 19.1 Å². The molecule has 0 spiro atoms. The minimum absolute atomic E-state index is 0.139. The van der Waals surface area contributed by atoms with E-state index < -0.39 is 5.63 Å². The Kier molecular flexibility index (Phi) is 2.72. The van der Waals surface area contributed by atoms with Crippen molar-refractivity contribution in [3.8, 4) is 17.3 Å². The van der Waals surface area contributed by atoms with Gasteiger partial charge in [0.1, 0.15) is 0 Å². The van der Waals surface area contributed by atoms with E-state index in [1.165, 1.54) is 0 Å². The Balaban J connectivity index is 2.57. The van der Waals surface area contributed by atoms with Gasteiger partial charge < -0.3 is 9.52 Å². The van der Waals surface area contributed by atoms with Crippen LogP contribution in [0.25, 0.3) is 11.5 Å². The zero-order valence-corrected chi connectivity index (χ0v) is 8.80. The first kappa shape index (κ1) is 10.4. The molecule has 16 heavy (non-hydrogen) atoms. The van der Waals surface area contributed by atoms with E-state index in [0.29, 0.717) is 12.0 Å². The number of hydrogen-bond acceptors (Lipinski definition) is 4. The average molecular weight is 217 g/mol. The molecule has 82 valence electrons. The quantitative estimate of drug-likeness (QED) is 0.835. The summed E-state index contributed by atoms with van der Waals surface area (Å²) in [6.45, 7) is 1.76. The summed E-state index contributed by atoms with van der Waals surface area (Å²) < 4.78 is 5.04. The lowest BCUT2D eigenvalue weighted by Crippen LogP contribution is -2.08. The van der Waals surface area contributed by atoms with Crippen LogP contribution >= 0.6 is 0 Å². The van der Waals surface area contributed by atoms with Gasteiger partial charge in [-0.15, -0.1) is 0 Å². The van der Waals surface area contributed by atoms with Crippen molar-refractivity contribution in [2.24, 2.45) is 0 Å². The van der Waals surface area contributed by atoms with Crippen LogP contribution in [-0.2, 0) is 6.42 Å². The number of aromatic hydroxyl groups is 1. The average Bonchev–Trinajstić information content (AvgIpc) is 2.30. The van der Waals surface area contributed by atoms with Gasteiger partial charge in [0, 0.05) is 5.56 Å². The Bertz CT molecular complexity index is 546. The molecule has 0 saturated heterocycles. The first-order valence-corrected chi connectivity index (χ1v) is 5.00. The number of nitrogens with zero attached hydrogens (tertiary/aromatic N) is 1. The van der Waals surface area contributed by atoms with Crippen molar-refractivity contribution < 1.29 is 9.52 Å². The van der Waals surface area contributed by atoms with Crippen molar-refractivity contribution in [3.63, 3.8) is 0 Å². The summed E-state index contributed by atoms with van der Waals surface area (Å²) in [5, 5.41) is 9.56. The normalized spacial score (nSPS) is 10.3. The van der Waals surface area contributed by atoms with Gasteiger partial charge in [-0.2, -0.15) is 4.98 Å². The van der Waals surface area contributed by atoms with E-state index in [4.69, 9.17) is 4.42 Å². The summed E-state index contributed by atoms with van der Waals surface area (Å²) in [7, 11) is 0. The summed E-state index contributed by atoms with van der Waals surface area (Å²) in [5.74, 6) is -0.113. The van der Waals surface area contributed by atoms with Crippen LogP contribution in [-0.4, -0.2) is 10.1 Å². The van der Waals surface area contributed by atoms with Crippen molar-refractivity contribution in [1.82, 2.24) is 4.98 Å². The smallest absolute Gasteiger partial charge is 0.346 e. The highest BCUT2D eigenvalue weighted by molar-refractivity contribution is 5.53. The molecule has 0 aliphatic carbocycles. The van der Waals surface area contributed by atoms with E-state index >= 15 is 0 Å². The zero-order chi connectivity index (χ0) is 11.5. The first-order valence-electron chi connectivity index (χ1n) is 5.00. The summed E-state index contributed by atoms with van der Waals surface area (Å²) >= 11 is 0. The van der Waals surface area contributed by atoms with Gasteiger partial charge in [0.2, 0.25) is 11.8 Å². The molecule has 0 unspecified atom stereocenters. The van der Waals surface area contributed by atoms with Crippen LogP contribution < -0.4 is 5.63 Å². The highest BCUT2D eigenvalue weighted by Gasteiger charge is 2.11. The molecular formula is C12H11NO3. The fourth-order valence-corrected chi connectivity index (χ4v) is 1.43. The fourth-order valence-electron chi connectivity index (χ4n) is 1.43. The van der Waals surface area contributed by atoms with Crippen LogP contribution in [0.5, 0.6) is 5.88 Å². The van der Waals surface area contributed by atoms with Crippen molar-refractivity contribution in [3.05, 3.63) is 46.3 Å². The molecule has 1 heterocycles. The van der Waals surface area contributed by atoms with Crippen LogP contribution in [0.3, 0.4) is 0 Å². The van der Waals surface area contributed by atoms with Crippen LogP contribution in [0, 0.1) is 0 Å². The van der Waals surface area contributed by atoms with Gasteiger partial charge in [-0.25, -0.2) is 4.79 Å². The second-order valence-corrected chi connectivity index (χ2v) is 3.33. The maximum absolute atomic E-state index is 11.5. The third-order valence-electron chi connectivity index (χ3n) is 2.29. The van der Waals surface area contributed by atoms with Crippen molar-refractivity contribution >= 4 is 0 Å². The minimum Gasteiger partial charge on any atom is -0.493 e. The van der Waals surface area contributed by atoms with Gasteiger partial charge in [0.15, 0.2) is 0 Å². The van der Waals surface area contributed by atoms with Crippen LogP contribution in [0.1, 0.15) is 12.5 Å². The molecule has 0 atom stereocenters. The standard InChI is InChI=1S/C12H11NO3/c1-2-9-10(14)13-11(16-12(9)15)8-6-4-3-5-7-8/h3-7,14H,2H2,1H3. The van der Waals surface area contributed by atoms with Gasteiger partial charge in [0.25, 0.3) is 0 Å². The monoisotopic (exact) mass is 217 g/mol. The molecule has 0 amide bonds. The molecule has 4 nitrogen and oxygen atoms in total. The largest absolute Gasteiger partial charge is 0.493 e. The molecule has 2 rings (SSSR count). The van der Waals surface area contributed by atoms with Crippen molar-refractivity contribution in [2.45, 2.75) is 13.3 Å². The number of aromatic nitrogens is 1. The lowest BCUT2D eigenvalue weighted by molar-refractivity contribution is 0.411. The number of rotatable bonds is 2.